The Bertz CT molecular complexity index is 1070. The molecule has 0 bridgehead atoms. The lowest BCUT2D eigenvalue weighted by Gasteiger charge is -2.13. The molecule has 138 valence electrons. The van der Waals surface area contributed by atoms with Crippen LogP contribution in [0.1, 0.15) is 29.4 Å². The van der Waals surface area contributed by atoms with E-state index >= 15 is 0 Å². The molecule has 0 unspecified atom stereocenters. The second-order valence-corrected chi connectivity index (χ2v) is 6.85. The number of rotatable bonds is 4. The molecule has 0 saturated carbocycles. The summed E-state index contributed by atoms with van der Waals surface area (Å²) in [5.41, 5.74) is 10.3. The SMILES string of the molecule is CCCN1Cc2nc3c(-c4cc(OC)cnc4Cl)cccc3c(N)c2C1=O. The van der Waals surface area contributed by atoms with Crippen molar-refractivity contribution in [3.8, 4) is 16.9 Å². The van der Waals surface area contributed by atoms with Crippen molar-refractivity contribution in [2.45, 2.75) is 19.9 Å². The number of carbonyl (C=O) groups is 1. The summed E-state index contributed by atoms with van der Waals surface area (Å²) in [4.78, 5) is 23.5. The zero-order valence-corrected chi connectivity index (χ0v) is 15.9. The lowest BCUT2D eigenvalue weighted by atomic mass is 10.00. The van der Waals surface area contributed by atoms with Crippen LogP contribution >= 0.6 is 11.6 Å². The Labute approximate surface area is 161 Å². The van der Waals surface area contributed by atoms with Gasteiger partial charge in [-0.25, -0.2) is 9.97 Å². The predicted octanol–water partition coefficient (Wildman–Crippen LogP) is 3.91. The molecule has 1 amide bonds. The Morgan fingerprint density at radius 1 is 1.33 bits per heavy atom. The van der Waals surface area contributed by atoms with Crippen LogP contribution in [-0.4, -0.2) is 34.4 Å². The van der Waals surface area contributed by atoms with E-state index < -0.39 is 0 Å². The number of ether oxygens (including phenoxy) is 1. The molecule has 3 aromatic rings. The summed E-state index contributed by atoms with van der Waals surface area (Å²) in [7, 11) is 1.58. The third-order valence-corrected chi connectivity index (χ3v) is 5.11. The average molecular weight is 383 g/mol. The van der Waals surface area contributed by atoms with E-state index in [-0.39, 0.29) is 5.91 Å². The normalized spacial score (nSPS) is 13.3. The number of nitrogens with two attached hydrogens (primary N) is 1. The molecule has 1 aliphatic heterocycles. The molecule has 2 aromatic heterocycles. The summed E-state index contributed by atoms with van der Waals surface area (Å²) >= 11 is 6.34. The number of methoxy groups -OCH3 is 1. The highest BCUT2D eigenvalue weighted by Gasteiger charge is 2.32. The van der Waals surface area contributed by atoms with Crippen LogP contribution in [0.4, 0.5) is 5.69 Å². The maximum absolute atomic E-state index is 12.7. The van der Waals surface area contributed by atoms with Crippen molar-refractivity contribution >= 4 is 34.1 Å². The number of amides is 1. The molecule has 0 spiro atoms. The highest BCUT2D eigenvalue weighted by atomic mass is 35.5. The van der Waals surface area contributed by atoms with Crippen molar-refractivity contribution in [1.29, 1.82) is 0 Å². The molecular weight excluding hydrogens is 364 g/mol. The van der Waals surface area contributed by atoms with Crippen molar-refractivity contribution < 1.29 is 9.53 Å². The Kier molecular flexibility index (Phi) is 4.36. The zero-order valence-electron chi connectivity index (χ0n) is 15.1. The van der Waals surface area contributed by atoms with Crippen LogP contribution in [0, 0.1) is 0 Å². The molecule has 6 nitrogen and oxygen atoms in total. The molecular formula is C20H19ClN4O2. The summed E-state index contributed by atoms with van der Waals surface area (Å²) in [6.45, 7) is 3.20. The molecule has 27 heavy (non-hydrogen) atoms. The van der Waals surface area contributed by atoms with Gasteiger partial charge in [0.15, 0.2) is 0 Å². The van der Waals surface area contributed by atoms with Gasteiger partial charge in [-0.2, -0.15) is 0 Å². The first-order chi connectivity index (χ1) is 13.0. The van der Waals surface area contributed by atoms with Gasteiger partial charge in [0.1, 0.15) is 10.9 Å². The number of hydrogen-bond donors (Lipinski definition) is 1. The maximum atomic E-state index is 12.7. The van der Waals surface area contributed by atoms with Gasteiger partial charge >= 0.3 is 0 Å². The summed E-state index contributed by atoms with van der Waals surface area (Å²) in [6.07, 6.45) is 2.45. The molecule has 0 aliphatic carbocycles. The monoisotopic (exact) mass is 382 g/mol. The van der Waals surface area contributed by atoms with Crippen LogP contribution in [0.15, 0.2) is 30.5 Å². The fraction of sp³-hybridized carbons (Fsp3) is 0.250. The molecule has 7 heteroatoms. The van der Waals surface area contributed by atoms with Gasteiger partial charge in [0.25, 0.3) is 5.91 Å². The highest BCUT2D eigenvalue weighted by Crippen LogP contribution is 2.38. The van der Waals surface area contributed by atoms with Crippen LogP contribution in [0.5, 0.6) is 5.75 Å². The number of para-hydroxylation sites is 1. The second-order valence-electron chi connectivity index (χ2n) is 6.49. The summed E-state index contributed by atoms with van der Waals surface area (Å²) < 4.78 is 5.28. The Morgan fingerprint density at radius 2 is 2.15 bits per heavy atom. The number of hydrogen-bond acceptors (Lipinski definition) is 5. The topological polar surface area (TPSA) is 81.3 Å². The molecule has 1 aromatic carbocycles. The summed E-state index contributed by atoms with van der Waals surface area (Å²) in [6, 6.07) is 7.49. The van der Waals surface area contributed by atoms with E-state index in [0.717, 1.165) is 17.4 Å². The molecule has 0 fully saturated rings. The number of anilines is 1. The molecule has 2 N–H and O–H groups in total. The molecule has 3 heterocycles. The first-order valence-corrected chi connectivity index (χ1v) is 9.13. The van der Waals surface area contributed by atoms with Crippen LogP contribution in [-0.2, 0) is 6.54 Å². The Morgan fingerprint density at radius 3 is 2.89 bits per heavy atom. The van der Waals surface area contributed by atoms with Gasteiger partial charge in [-0.15, -0.1) is 0 Å². The number of nitrogens with zero attached hydrogens (tertiary/aromatic N) is 3. The predicted molar refractivity (Wildman–Crippen MR) is 106 cm³/mol. The first-order valence-electron chi connectivity index (χ1n) is 8.75. The Hall–Kier alpha value is -2.86. The van der Waals surface area contributed by atoms with Crippen molar-refractivity contribution in [1.82, 2.24) is 14.9 Å². The van der Waals surface area contributed by atoms with Gasteiger partial charge in [-0.05, 0) is 12.5 Å². The maximum Gasteiger partial charge on any atom is 0.258 e. The van der Waals surface area contributed by atoms with E-state index in [9.17, 15) is 4.79 Å². The van der Waals surface area contributed by atoms with E-state index in [2.05, 4.69) is 4.98 Å². The van der Waals surface area contributed by atoms with E-state index in [0.29, 0.717) is 52.0 Å². The minimum Gasteiger partial charge on any atom is -0.495 e. The molecule has 0 radical (unpaired) electrons. The van der Waals surface area contributed by atoms with Crippen molar-refractivity contribution in [3.63, 3.8) is 0 Å². The van der Waals surface area contributed by atoms with Crippen LogP contribution in [0.25, 0.3) is 22.0 Å². The number of aromatic nitrogens is 2. The van der Waals surface area contributed by atoms with Gasteiger partial charge in [0.2, 0.25) is 0 Å². The summed E-state index contributed by atoms with van der Waals surface area (Å²) in [5.74, 6) is 0.551. The number of benzene rings is 1. The number of fused-ring (bicyclic) bond motifs is 2. The van der Waals surface area contributed by atoms with E-state index in [4.69, 9.17) is 27.1 Å². The number of carbonyl (C=O) groups excluding carboxylic acids is 1. The van der Waals surface area contributed by atoms with Gasteiger partial charge < -0.3 is 15.4 Å². The molecule has 1 aliphatic rings. The van der Waals surface area contributed by atoms with Gasteiger partial charge in [0, 0.05) is 23.1 Å². The van der Waals surface area contributed by atoms with Gasteiger partial charge in [-0.1, -0.05) is 36.7 Å². The largest absolute Gasteiger partial charge is 0.495 e. The first kappa shape index (κ1) is 17.5. The van der Waals surface area contributed by atoms with Crippen LogP contribution < -0.4 is 10.5 Å². The van der Waals surface area contributed by atoms with Crippen molar-refractivity contribution in [2.75, 3.05) is 19.4 Å². The Balaban J connectivity index is 1.95. The molecule has 0 saturated heterocycles. The molecule has 0 atom stereocenters. The number of pyridine rings is 2. The lowest BCUT2D eigenvalue weighted by Crippen LogP contribution is -2.24. The smallest absolute Gasteiger partial charge is 0.258 e. The zero-order chi connectivity index (χ0) is 19.1. The minimum absolute atomic E-state index is 0.0507. The average Bonchev–Trinajstić information content (AvgIpc) is 2.98. The van der Waals surface area contributed by atoms with Crippen molar-refractivity contribution in [3.05, 3.63) is 46.9 Å². The third kappa shape index (κ3) is 2.77. The van der Waals surface area contributed by atoms with Gasteiger partial charge in [0.05, 0.1) is 42.3 Å². The standard InChI is InChI=1S/C20H19ClN4O2/c1-3-7-25-10-15-16(20(25)26)17(22)13-6-4-5-12(18(13)24-15)14-8-11(27-2)9-23-19(14)21/h4-6,8-9H,3,7,10H2,1-2H3,(H2,22,24). The quantitative estimate of drug-likeness (QED) is 0.692. The summed E-state index contributed by atoms with van der Waals surface area (Å²) in [5, 5.41) is 1.09. The number of halogens is 1. The highest BCUT2D eigenvalue weighted by molar-refractivity contribution is 6.32. The van der Waals surface area contributed by atoms with Crippen molar-refractivity contribution in [2.24, 2.45) is 0 Å². The van der Waals surface area contributed by atoms with E-state index in [1.807, 2.05) is 31.2 Å². The lowest BCUT2D eigenvalue weighted by molar-refractivity contribution is 0.0779. The fourth-order valence-electron chi connectivity index (χ4n) is 3.52. The van der Waals surface area contributed by atoms with Crippen LogP contribution in [0.2, 0.25) is 5.15 Å². The van der Waals surface area contributed by atoms with Gasteiger partial charge in [-0.3, -0.25) is 4.79 Å². The second kappa shape index (κ2) is 6.70. The van der Waals surface area contributed by atoms with E-state index in [1.165, 1.54) is 0 Å². The van der Waals surface area contributed by atoms with Crippen LogP contribution in [0.3, 0.4) is 0 Å². The third-order valence-electron chi connectivity index (χ3n) is 4.81. The fourth-order valence-corrected chi connectivity index (χ4v) is 3.73. The minimum atomic E-state index is -0.0507. The van der Waals surface area contributed by atoms with E-state index in [1.54, 1.807) is 18.2 Å². The molecule has 4 rings (SSSR count). The number of nitrogen functional groups attached to an aromatic ring is 1.